The molecule has 0 spiro atoms. The second-order valence-electron chi connectivity index (χ2n) is 4.06. The predicted molar refractivity (Wildman–Crippen MR) is 63.8 cm³/mol. The molecule has 0 saturated heterocycles. The first-order chi connectivity index (χ1) is 7.77. The van der Waals surface area contributed by atoms with Gasteiger partial charge in [-0.05, 0) is 30.3 Å². The number of halogens is 1. The van der Waals surface area contributed by atoms with Crippen LogP contribution in [-0.4, -0.2) is 27.4 Å². The van der Waals surface area contributed by atoms with Crippen LogP contribution in [0.3, 0.4) is 0 Å². The molecule has 2 unspecified atom stereocenters. The molecule has 1 heterocycles. The quantitative estimate of drug-likeness (QED) is 0.846. The molecule has 0 aliphatic heterocycles. The fourth-order valence-corrected chi connectivity index (χ4v) is 2.78. The van der Waals surface area contributed by atoms with Gasteiger partial charge in [0.05, 0.1) is 0 Å². The lowest BCUT2D eigenvalue weighted by Gasteiger charge is -2.26. The van der Waals surface area contributed by atoms with Gasteiger partial charge in [-0.1, -0.05) is 17.3 Å². The molecule has 1 fully saturated rings. The maximum absolute atomic E-state index is 11.6. The number of carbonyl (C=O) groups is 1. The molecule has 1 amide bonds. The van der Waals surface area contributed by atoms with Crippen LogP contribution in [0.15, 0.2) is 5.38 Å². The molecular weight excluding hydrogens is 246 g/mol. The SMILES string of the molecule is O=C(NCC1CCCCC1Cl)c1csnn1. The van der Waals surface area contributed by atoms with E-state index in [9.17, 15) is 4.79 Å². The van der Waals surface area contributed by atoms with Crippen LogP contribution in [0.25, 0.3) is 0 Å². The zero-order chi connectivity index (χ0) is 11.4. The standard InChI is InChI=1S/C10H14ClN3OS/c11-8-4-2-1-3-7(8)5-12-10(15)9-6-16-14-13-9/h6-8H,1-5H2,(H,12,15). The molecule has 2 rings (SSSR count). The van der Waals surface area contributed by atoms with E-state index in [1.165, 1.54) is 24.4 Å². The zero-order valence-electron chi connectivity index (χ0n) is 8.86. The van der Waals surface area contributed by atoms with Crippen molar-refractivity contribution < 1.29 is 4.79 Å². The molecule has 1 aliphatic carbocycles. The normalized spacial score (nSPS) is 25.3. The first-order valence-corrected chi connectivity index (χ1v) is 6.74. The van der Waals surface area contributed by atoms with Crippen LogP contribution in [0.2, 0.25) is 0 Å². The number of hydrogen-bond donors (Lipinski definition) is 1. The fourth-order valence-electron chi connectivity index (χ4n) is 1.97. The van der Waals surface area contributed by atoms with Gasteiger partial charge in [0.25, 0.3) is 5.91 Å². The summed E-state index contributed by atoms with van der Waals surface area (Å²) < 4.78 is 3.66. The number of rotatable bonds is 3. The minimum absolute atomic E-state index is 0.150. The van der Waals surface area contributed by atoms with Gasteiger partial charge < -0.3 is 5.32 Å². The fraction of sp³-hybridized carbons (Fsp3) is 0.700. The lowest BCUT2D eigenvalue weighted by molar-refractivity contribution is 0.0939. The third-order valence-corrected chi connectivity index (χ3v) is 4.01. The summed E-state index contributed by atoms with van der Waals surface area (Å²) in [6.07, 6.45) is 4.57. The molecule has 2 atom stereocenters. The predicted octanol–water partition coefficient (Wildman–Crippen LogP) is 2.07. The van der Waals surface area contributed by atoms with Crippen molar-refractivity contribution in [2.45, 2.75) is 31.1 Å². The smallest absolute Gasteiger partial charge is 0.272 e. The Morgan fingerprint density at radius 3 is 3.06 bits per heavy atom. The minimum Gasteiger partial charge on any atom is -0.350 e. The van der Waals surface area contributed by atoms with E-state index in [0.717, 1.165) is 12.8 Å². The monoisotopic (exact) mass is 259 g/mol. The average molecular weight is 260 g/mol. The molecule has 0 bridgehead atoms. The van der Waals surface area contributed by atoms with Gasteiger partial charge in [0.1, 0.15) is 0 Å². The summed E-state index contributed by atoms with van der Waals surface area (Å²) in [7, 11) is 0. The first kappa shape index (κ1) is 11.8. The van der Waals surface area contributed by atoms with Crippen molar-refractivity contribution >= 4 is 29.0 Å². The maximum atomic E-state index is 11.6. The highest BCUT2D eigenvalue weighted by Crippen LogP contribution is 2.27. The Morgan fingerprint density at radius 2 is 2.38 bits per heavy atom. The zero-order valence-corrected chi connectivity index (χ0v) is 10.4. The number of nitrogens with one attached hydrogen (secondary N) is 1. The van der Waals surface area contributed by atoms with Gasteiger partial charge >= 0.3 is 0 Å². The molecule has 1 aromatic rings. The highest BCUT2D eigenvalue weighted by Gasteiger charge is 2.23. The Labute approximate surface area is 104 Å². The Hall–Kier alpha value is -0.680. The average Bonchev–Trinajstić information content (AvgIpc) is 2.81. The van der Waals surface area contributed by atoms with E-state index in [0.29, 0.717) is 18.2 Å². The van der Waals surface area contributed by atoms with Gasteiger partial charge in [-0.25, -0.2) is 0 Å². The molecule has 0 aromatic carbocycles. The highest BCUT2D eigenvalue weighted by molar-refractivity contribution is 7.03. The summed E-state index contributed by atoms with van der Waals surface area (Å²) in [5, 5.41) is 8.43. The van der Waals surface area contributed by atoms with Crippen molar-refractivity contribution in [3.8, 4) is 0 Å². The van der Waals surface area contributed by atoms with E-state index < -0.39 is 0 Å². The van der Waals surface area contributed by atoms with Crippen LogP contribution in [0.5, 0.6) is 0 Å². The second-order valence-corrected chi connectivity index (χ2v) is 5.23. The van der Waals surface area contributed by atoms with Gasteiger partial charge in [-0.15, -0.1) is 16.7 Å². The van der Waals surface area contributed by atoms with E-state index in [2.05, 4.69) is 14.9 Å². The van der Waals surface area contributed by atoms with Crippen LogP contribution >= 0.6 is 23.1 Å². The molecular formula is C10H14ClN3OS. The summed E-state index contributed by atoms with van der Waals surface area (Å²) in [6, 6.07) is 0. The van der Waals surface area contributed by atoms with E-state index >= 15 is 0 Å². The van der Waals surface area contributed by atoms with Crippen LogP contribution < -0.4 is 5.32 Å². The Bertz CT molecular complexity index is 344. The largest absolute Gasteiger partial charge is 0.350 e. The number of alkyl halides is 1. The maximum Gasteiger partial charge on any atom is 0.272 e. The summed E-state index contributed by atoms with van der Waals surface area (Å²) in [5.41, 5.74) is 0.395. The van der Waals surface area contributed by atoms with Crippen LogP contribution in [-0.2, 0) is 0 Å². The van der Waals surface area contributed by atoms with Crippen molar-refractivity contribution in [1.82, 2.24) is 14.9 Å². The molecule has 0 radical (unpaired) electrons. The lowest BCUT2D eigenvalue weighted by atomic mass is 9.89. The molecule has 1 N–H and O–H groups in total. The molecule has 4 nitrogen and oxygen atoms in total. The van der Waals surface area contributed by atoms with Crippen molar-refractivity contribution in [2.24, 2.45) is 5.92 Å². The van der Waals surface area contributed by atoms with Crippen molar-refractivity contribution in [3.63, 3.8) is 0 Å². The molecule has 16 heavy (non-hydrogen) atoms. The van der Waals surface area contributed by atoms with Crippen molar-refractivity contribution in [2.75, 3.05) is 6.54 Å². The summed E-state index contributed by atoms with van der Waals surface area (Å²) in [5.74, 6) is 0.245. The number of nitrogens with zero attached hydrogens (tertiary/aromatic N) is 2. The lowest BCUT2D eigenvalue weighted by Crippen LogP contribution is -2.34. The Balaban J connectivity index is 1.80. The molecule has 6 heteroatoms. The third-order valence-electron chi connectivity index (χ3n) is 2.93. The minimum atomic E-state index is -0.150. The Morgan fingerprint density at radius 1 is 1.56 bits per heavy atom. The molecule has 88 valence electrons. The number of carbonyl (C=O) groups excluding carboxylic acids is 1. The second kappa shape index (κ2) is 5.59. The van der Waals surface area contributed by atoms with E-state index in [1.54, 1.807) is 5.38 Å². The van der Waals surface area contributed by atoms with Crippen LogP contribution in [0.4, 0.5) is 0 Å². The van der Waals surface area contributed by atoms with Gasteiger partial charge in [-0.2, -0.15) is 0 Å². The molecule has 1 saturated carbocycles. The van der Waals surface area contributed by atoms with Crippen molar-refractivity contribution in [3.05, 3.63) is 11.1 Å². The molecule has 1 aliphatic rings. The Kier molecular flexibility index (Phi) is 4.12. The van der Waals surface area contributed by atoms with Gasteiger partial charge in [-0.3, -0.25) is 4.79 Å². The summed E-state index contributed by atoms with van der Waals surface area (Å²) >= 11 is 7.40. The molecule has 1 aromatic heterocycles. The van der Waals surface area contributed by atoms with Crippen LogP contribution in [0, 0.1) is 5.92 Å². The first-order valence-electron chi connectivity index (χ1n) is 5.46. The van der Waals surface area contributed by atoms with E-state index in [-0.39, 0.29) is 11.3 Å². The van der Waals surface area contributed by atoms with Gasteiger partial charge in [0, 0.05) is 17.3 Å². The summed E-state index contributed by atoms with van der Waals surface area (Å²) in [6.45, 7) is 0.643. The van der Waals surface area contributed by atoms with Gasteiger partial charge in [0.2, 0.25) is 0 Å². The van der Waals surface area contributed by atoms with E-state index in [4.69, 9.17) is 11.6 Å². The highest BCUT2D eigenvalue weighted by atomic mass is 35.5. The number of amides is 1. The van der Waals surface area contributed by atoms with Crippen LogP contribution in [0.1, 0.15) is 36.2 Å². The van der Waals surface area contributed by atoms with E-state index in [1.807, 2.05) is 0 Å². The third kappa shape index (κ3) is 2.92. The van der Waals surface area contributed by atoms with Gasteiger partial charge in [0.15, 0.2) is 5.69 Å². The topological polar surface area (TPSA) is 54.9 Å². The summed E-state index contributed by atoms with van der Waals surface area (Å²) in [4.78, 5) is 11.6. The number of hydrogen-bond acceptors (Lipinski definition) is 4. The van der Waals surface area contributed by atoms with Crippen molar-refractivity contribution in [1.29, 1.82) is 0 Å². The number of aromatic nitrogens is 2.